The zero-order valence-corrected chi connectivity index (χ0v) is 25.0. The molecule has 2 bridgehead atoms. The number of morpholine rings is 1. The van der Waals surface area contributed by atoms with Gasteiger partial charge in [-0.3, -0.25) is 14.5 Å². The fourth-order valence-electron chi connectivity index (χ4n) is 7.04. The average molecular weight is 598 g/mol. The summed E-state index contributed by atoms with van der Waals surface area (Å²) in [5.41, 5.74) is 3.45. The summed E-state index contributed by atoms with van der Waals surface area (Å²) in [6, 6.07) is 17.2. The number of carbonyl (C=O) groups is 1. The monoisotopic (exact) mass is 597 g/mol. The Bertz CT molecular complexity index is 1500. The number of piperidine rings is 1. The first kappa shape index (κ1) is 28.6. The molecule has 3 atom stereocenters. The van der Waals surface area contributed by atoms with E-state index in [4.69, 9.17) is 14.3 Å². The molecule has 4 fully saturated rings. The summed E-state index contributed by atoms with van der Waals surface area (Å²) < 4.78 is 11.7. The van der Waals surface area contributed by atoms with Crippen LogP contribution >= 0.6 is 0 Å². The summed E-state index contributed by atoms with van der Waals surface area (Å²) in [5, 5.41) is 8.26. The van der Waals surface area contributed by atoms with Crippen molar-refractivity contribution in [3.05, 3.63) is 73.1 Å². The van der Waals surface area contributed by atoms with Crippen molar-refractivity contribution in [1.82, 2.24) is 14.9 Å². The molecule has 4 aliphatic heterocycles. The molecule has 0 unspecified atom stereocenters. The van der Waals surface area contributed by atoms with Crippen LogP contribution in [0.15, 0.2) is 67.5 Å². The molecule has 1 aromatic heterocycles. The first-order valence-corrected chi connectivity index (χ1v) is 15.4. The van der Waals surface area contributed by atoms with E-state index in [0.29, 0.717) is 53.6 Å². The molecule has 0 aliphatic carbocycles. The van der Waals surface area contributed by atoms with Gasteiger partial charge in [-0.15, -0.1) is 0 Å². The Hall–Kier alpha value is -4.19. The van der Waals surface area contributed by atoms with Crippen LogP contribution in [0.1, 0.15) is 37.3 Å². The summed E-state index contributed by atoms with van der Waals surface area (Å²) in [5.74, 6) is 1.61. The predicted molar refractivity (Wildman–Crippen MR) is 169 cm³/mol. The van der Waals surface area contributed by atoms with Crippen molar-refractivity contribution in [2.75, 3.05) is 60.6 Å². The first-order valence-electron chi connectivity index (χ1n) is 15.4. The lowest BCUT2D eigenvalue weighted by atomic mass is 10.0. The van der Waals surface area contributed by atoms with Crippen LogP contribution in [0, 0.1) is 0 Å². The van der Waals surface area contributed by atoms with Gasteiger partial charge in [0.25, 0.3) is 0 Å². The van der Waals surface area contributed by atoms with Gasteiger partial charge in [0, 0.05) is 50.3 Å². The SMILES string of the molecule is C=CC(=O)Nc1cc(Nc2cc(N3OCC[C@@H]3c3ccccc3)ncn2)c(OC)cc1N1CCC(N2C[C@H]3C[C@@H]2CO3)CC1. The van der Waals surface area contributed by atoms with E-state index < -0.39 is 0 Å². The van der Waals surface area contributed by atoms with E-state index in [9.17, 15) is 4.79 Å². The standard InChI is InChI=1S/C33H39N7O4/c1-3-33(41)37-26-16-27(36-31-18-32(35-21-34-31)40-28(11-14-44-40)22-7-5-4-6-8-22)30(42-2)17-29(26)38-12-9-23(10-13-38)39-19-25-15-24(39)20-43-25/h3-8,16-18,21,23-25,28H,1,9-15,19-20H2,2H3,(H,37,41)(H,34,35,36)/t24-,25-,28-/m1/s1. The van der Waals surface area contributed by atoms with Gasteiger partial charge in [0.15, 0.2) is 5.82 Å². The Labute approximate surface area is 257 Å². The number of ether oxygens (including phenoxy) is 2. The van der Waals surface area contributed by atoms with Crippen LogP contribution in [0.5, 0.6) is 5.75 Å². The van der Waals surface area contributed by atoms with E-state index in [-0.39, 0.29) is 11.9 Å². The van der Waals surface area contributed by atoms with Crippen molar-refractivity contribution in [1.29, 1.82) is 0 Å². The molecule has 44 heavy (non-hydrogen) atoms. The van der Waals surface area contributed by atoms with E-state index in [1.165, 1.54) is 18.0 Å². The van der Waals surface area contributed by atoms with Gasteiger partial charge in [-0.1, -0.05) is 36.9 Å². The largest absolute Gasteiger partial charge is 0.494 e. The molecule has 2 aromatic carbocycles. The van der Waals surface area contributed by atoms with Crippen LogP contribution in [-0.4, -0.2) is 78.9 Å². The second kappa shape index (κ2) is 12.4. The number of amides is 1. The quantitative estimate of drug-likeness (QED) is 0.338. The van der Waals surface area contributed by atoms with Gasteiger partial charge in [-0.05, 0) is 37.0 Å². The van der Waals surface area contributed by atoms with Crippen molar-refractivity contribution < 1.29 is 19.1 Å². The van der Waals surface area contributed by atoms with Gasteiger partial charge in [-0.2, -0.15) is 0 Å². The van der Waals surface area contributed by atoms with Gasteiger partial charge in [0.2, 0.25) is 5.91 Å². The number of methoxy groups -OCH3 is 1. The second-order valence-corrected chi connectivity index (χ2v) is 11.8. The lowest BCUT2D eigenvalue weighted by molar-refractivity contribution is -0.111. The lowest BCUT2D eigenvalue weighted by Crippen LogP contribution is -2.49. The van der Waals surface area contributed by atoms with Crippen LogP contribution in [-0.2, 0) is 14.4 Å². The number of fused-ring (bicyclic) bond motifs is 2. The molecule has 4 saturated heterocycles. The summed E-state index contributed by atoms with van der Waals surface area (Å²) >= 11 is 0. The highest BCUT2D eigenvalue weighted by atomic mass is 16.7. The van der Waals surface area contributed by atoms with Crippen LogP contribution in [0.4, 0.5) is 28.7 Å². The van der Waals surface area contributed by atoms with Gasteiger partial charge in [0.1, 0.15) is 17.9 Å². The van der Waals surface area contributed by atoms with Crippen LogP contribution in [0.3, 0.4) is 0 Å². The molecule has 5 heterocycles. The molecule has 11 nitrogen and oxygen atoms in total. The Balaban J connectivity index is 1.12. The number of carbonyl (C=O) groups excluding carboxylic acids is 1. The number of anilines is 5. The van der Waals surface area contributed by atoms with Gasteiger partial charge in [-0.25, -0.2) is 15.0 Å². The zero-order valence-electron chi connectivity index (χ0n) is 25.0. The summed E-state index contributed by atoms with van der Waals surface area (Å²) in [6.45, 7) is 7.95. The fourth-order valence-corrected chi connectivity index (χ4v) is 7.04. The third-order valence-electron chi connectivity index (χ3n) is 9.21. The molecule has 0 radical (unpaired) electrons. The molecule has 11 heteroatoms. The Morgan fingerprint density at radius 1 is 1.07 bits per heavy atom. The summed E-state index contributed by atoms with van der Waals surface area (Å²) in [4.78, 5) is 32.5. The fraction of sp³-hybridized carbons (Fsp3) is 0.424. The third-order valence-corrected chi connectivity index (χ3v) is 9.21. The average Bonchev–Trinajstić information content (AvgIpc) is 3.84. The highest BCUT2D eigenvalue weighted by molar-refractivity contribution is 6.02. The van der Waals surface area contributed by atoms with Crippen LogP contribution in [0.2, 0.25) is 0 Å². The smallest absolute Gasteiger partial charge is 0.247 e. The van der Waals surface area contributed by atoms with Crippen molar-refractivity contribution in [3.63, 3.8) is 0 Å². The summed E-state index contributed by atoms with van der Waals surface area (Å²) in [7, 11) is 1.65. The minimum absolute atomic E-state index is 0.0616. The molecule has 4 aliphatic rings. The molecular weight excluding hydrogens is 558 g/mol. The molecule has 0 saturated carbocycles. The van der Waals surface area contributed by atoms with Crippen molar-refractivity contribution in [2.45, 2.75) is 49.9 Å². The number of hydrogen-bond donors (Lipinski definition) is 2. The van der Waals surface area contributed by atoms with E-state index in [2.05, 4.69) is 49.1 Å². The van der Waals surface area contributed by atoms with E-state index in [0.717, 1.165) is 57.6 Å². The maximum Gasteiger partial charge on any atom is 0.247 e. The number of nitrogens with zero attached hydrogens (tertiary/aromatic N) is 5. The molecular formula is C33H39N7O4. The van der Waals surface area contributed by atoms with Crippen molar-refractivity contribution in [3.8, 4) is 5.75 Å². The maximum atomic E-state index is 12.5. The number of nitrogens with one attached hydrogen (secondary N) is 2. The Morgan fingerprint density at radius 2 is 1.91 bits per heavy atom. The number of hydroxylamine groups is 1. The van der Waals surface area contributed by atoms with E-state index in [1.54, 1.807) is 7.11 Å². The molecule has 230 valence electrons. The zero-order chi connectivity index (χ0) is 30.0. The highest BCUT2D eigenvalue weighted by Crippen LogP contribution is 2.41. The number of rotatable bonds is 9. The molecule has 1 amide bonds. The lowest BCUT2D eigenvalue weighted by Gasteiger charge is -2.41. The number of hydrogen-bond acceptors (Lipinski definition) is 10. The highest BCUT2D eigenvalue weighted by Gasteiger charge is 2.42. The number of benzene rings is 2. The number of likely N-dealkylation sites (tertiary alicyclic amines) is 1. The summed E-state index contributed by atoms with van der Waals surface area (Å²) in [6.07, 6.45) is 7.36. The van der Waals surface area contributed by atoms with Crippen LogP contribution < -0.4 is 25.3 Å². The van der Waals surface area contributed by atoms with Gasteiger partial charge >= 0.3 is 0 Å². The Morgan fingerprint density at radius 3 is 2.64 bits per heavy atom. The molecule has 0 spiro atoms. The van der Waals surface area contributed by atoms with Crippen molar-refractivity contribution >= 4 is 34.6 Å². The normalized spacial score (nSPS) is 23.6. The topological polar surface area (TPSA) is 104 Å². The third kappa shape index (κ3) is 5.70. The predicted octanol–water partition coefficient (Wildman–Crippen LogP) is 4.68. The minimum Gasteiger partial charge on any atom is -0.494 e. The van der Waals surface area contributed by atoms with Crippen molar-refractivity contribution in [2.24, 2.45) is 0 Å². The maximum absolute atomic E-state index is 12.5. The van der Waals surface area contributed by atoms with Gasteiger partial charge in [0.05, 0.1) is 49.5 Å². The van der Waals surface area contributed by atoms with Crippen LogP contribution in [0.25, 0.3) is 0 Å². The van der Waals surface area contributed by atoms with E-state index in [1.807, 2.05) is 41.5 Å². The second-order valence-electron chi connectivity index (χ2n) is 11.8. The Kier molecular flexibility index (Phi) is 8.07. The molecule has 7 rings (SSSR count). The molecule has 2 N–H and O–H groups in total. The molecule has 3 aromatic rings. The first-order chi connectivity index (χ1) is 21.6. The van der Waals surface area contributed by atoms with E-state index >= 15 is 0 Å². The minimum atomic E-state index is -0.271. The van der Waals surface area contributed by atoms with Gasteiger partial charge < -0.3 is 25.0 Å². The number of aromatic nitrogens is 2.